The molecule has 0 spiro atoms. The van der Waals surface area contributed by atoms with Crippen molar-refractivity contribution in [2.75, 3.05) is 4.90 Å². The molecule has 2 heterocycles. The van der Waals surface area contributed by atoms with E-state index in [1.807, 2.05) is 0 Å². The summed E-state index contributed by atoms with van der Waals surface area (Å²) in [7, 11) is 0. The van der Waals surface area contributed by atoms with Gasteiger partial charge in [-0.15, -0.1) is 0 Å². The van der Waals surface area contributed by atoms with Crippen molar-refractivity contribution in [2.45, 2.75) is 6.92 Å². The summed E-state index contributed by atoms with van der Waals surface area (Å²) in [6.45, 7) is 1.64. The number of carbonyl (C=O) groups excluding carboxylic acids is 3. The largest absolute Gasteiger partial charge is 0.494 e. The molecule has 10 nitrogen and oxygen atoms in total. The van der Waals surface area contributed by atoms with Crippen molar-refractivity contribution in [3.05, 3.63) is 116 Å². The van der Waals surface area contributed by atoms with Gasteiger partial charge in [0.05, 0.1) is 11.4 Å². The van der Waals surface area contributed by atoms with Crippen molar-refractivity contribution < 1.29 is 19.5 Å². The third kappa shape index (κ3) is 4.68. The number of anilines is 1. The second kappa shape index (κ2) is 9.94. The van der Waals surface area contributed by atoms with Crippen molar-refractivity contribution >= 4 is 29.6 Å². The molecule has 1 aromatic heterocycles. The Labute approximate surface area is 204 Å². The predicted octanol–water partition coefficient (Wildman–Crippen LogP) is 2.40. The first kappa shape index (κ1) is 23.9. The van der Waals surface area contributed by atoms with Crippen LogP contribution in [0, 0.1) is 0 Å². The fraction of sp³-hybridized carbons (Fsp3) is 0.0385. The molecule has 1 fully saturated rings. The van der Waals surface area contributed by atoms with Gasteiger partial charge in [0.25, 0.3) is 17.4 Å². The van der Waals surface area contributed by atoms with Gasteiger partial charge >= 0.3 is 11.7 Å². The lowest BCUT2D eigenvalue weighted by Gasteiger charge is -2.26. The number of para-hydroxylation sites is 2. The number of hydrogen-bond donors (Lipinski definition) is 3. The summed E-state index contributed by atoms with van der Waals surface area (Å²) in [5.41, 5.74) is -0.828. The topological polar surface area (TPSA) is 142 Å². The second-order valence-electron chi connectivity index (χ2n) is 7.73. The lowest BCUT2D eigenvalue weighted by Crippen LogP contribution is -2.54. The standard InChI is InChI=1S/C26H20N4O6/c1-16(12-14-19-21(31)27-25(35)29(23(19)33)17-8-4-2-5-9-17)13-15-20-22(32)28-26(36)30(24(20)34)18-10-6-3-7-11-18/h2-15,33H,1H3,(H,27,31,35)(H,28,32,36)/b14-12+,16-13+,20-15-. The van der Waals surface area contributed by atoms with Crippen LogP contribution in [-0.2, 0) is 9.59 Å². The Morgan fingerprint density at radius 3 is 2.14 bits per heavy atom. The normalized spacial score (nSPS) is 15.6. The lowest BCUT2D eigenvalue weighted by molar-refractivity contribution is -0.122. The zero-order valence-electron chi connectivity index (χ0n) is 19.0. The number of rotatable bonds is 5. The van der Waals surface area contributed by atoms with E-state index in [0.717, 1.165) is 9.47 Å². The number of nitrogens with zero attached hydrogens (tertiary/aromatic N) is 2. The van der Waals surface area contributed by atoms with Crippen molar-refractivity contribution in [3.8, 4) is 11.6 Å². The van der Waals surface area contributed by atoms with Gasteiger partial charge in [0.15, 0.2) is 0 Å². The quantitative estimate of drug-likeness (QED) is 0.288. The molecule has 10 heteroatoms. The van der Waals surface area contributed by atoms with Crippen molar-refractivity contribution in [1.82, 2.24) is 14.9 Å². The molecule has 1 saturated heterocycles. The molecule has 3 aromatic rings. The van der Waals surface area contributed by atoms with Crippen LogP contribution in [0.15, 0.2) is 99.6 Å². The SMILES string of the molecule is CC(/C=C/c1c(O)n(-c2ccccc2)c(=O)[nH]c1=O)=C\C=C1\C(=O)NC(=O)N(c2ccccc2)C1=O. The van der Waals surface area contributed by atoms with E-state index in [0.29, 0.717) is 16.9 Å². The first-order valence-corrected chi connectivity index (χ1v) is 10.7. The first-order chi connectivity index (χ1) is 17.3. The fourth-order valence-electron chi connectivity index (χ4n) is 3.48. The Balaban J connectivity index is 1.64. The molecule has 36 heavy (non-hydrogen) atoms. The number of aromatic amines is 1. The highest BCUT2D eigenvalue weighted by Crippen LogP contribution is 2.21. The van der Waals surface area contributed by atoms with E-state index in [-0.39, 0.29) is 11.1 Å². The van der Waals surface area contributed by atoms with E-state index in [1.54, 1.807) is 67.6 Å². The van der Waals surface area contributed by atoms with Gasteiger partial charge in [-0.25, -0.2) is 19.1 Å². The van der Waals surface area contributed by atoms with Crippen LogP contribution in [0.4, 0.5) is 10.5 Å². The van der Waals surface area contributed by atoms with E-state index in [9.17, 15) is 29.1 Å². The van der Waals surface area contributed by atoms with E-state index >= 15 is 0 Å². The molecule has 0 bridgehead atoms. The van der Waals surface area contributed by atoms with E-state index < -0.39 is 35.0 Å². The van der Waals surface area contributed by atoms with Crippen LogP contribution >= 0.6 is 0 Å². The third-order valence-electron chi connectivity index (χ3n) is 5.28. The van der Waals surface area contributed by atoms with Gasteiger partial charge in [-0.3, -0.25) is 24.7 Å². The van der Waals surface area contributed by atoms with Crippen LogP contribution in [0.5, 0.6) is 5.88 Å². The van der Waals surface area contributed by atoms with Crippen LogP contribution < -0.4 is 21.5 Å². The first-order valence-electron chi connectivity index (χ1n) is 10.7. The maximum Gasteiger partial charge on any atom is 0.335 e. The van der Waals surface area contributed by atoms with Gasteiger partial charge in [0, 0.05) is 0 Å². The zero-order chi connectivity index (χ0) is 25.8. The number of allylic oxidation sites excluding steroid dienone is 4. The van der Waals surface area contributed by atoms with Gasteiger partial charge < -0.3 is 5.11 Å². The van der Waals surface area contributed by atoms with E-state index in [2.05, 4.69) is 10.3 Å². The number of aromatic nitrogens is 2. The number of H-pyrrole nitrogens is 1. The smallest absolute Gasteiger partial charge is 0.335 e. The highest BCUT2D eigenvalue weighted by Gasteiger charge is 2.36. The van der Waals surface area contributed by atoms with Crippen LogP contribution in [0.1, 0.15) is 12.5 Å². The Kier molecular flexibility index (Phi) is 6.59. The molecule has 1 aliphatic rings. The van der Waals surface area contributed by atoms with Crippen LogP contribution in [0.3, 0.4) is 0 Å². The summed E-state index contributed by atoms with van der Waals surface area (Å²) in [4.78, 5) is 64.9. The number of carbonyl (C=O) groups is 3. The molecule has 4 rings (SSSR count). The number of barbiturate groups is 1. The number of amides is 4. The molecule has 1 aliphatic heterocycles. The molecule has 180 valence electrons. The number of aromatic hydroxyl groups is 1. The van der Waals surface area contributed by atoms with Crippen LogP contribution in [0.2, 0.25) is 0 Å². The minimum absolute atomic E-state index is 0.161. The monoisotopic (exact) mass is 484 g/mol. The lowest BCUT2D eigenvalue weighted by atomic mass is 10.1. The summed E-state index contributed by atoms with van der Waals surface area (Å²) in [5, 5.41) is 12.7. The van der Waals surface area contributed by atoms with Gasteiger partial charge in [-0.05, 0) is 43.3 Å². The Bertz CT molecular complexity index is 1560. The minimum Gasteiger partial charge on any atom is -0.494 e. The molecule has 0 saturated carbocycles. The maximum atomic E-state index is 12.8. The Morgan fingerprint density at radius 1 is 0.889 bits per heavy atom. The summed E-state index contributed by atoms with van der Waals surface area (Å²) >= 11 is 0. The molecule has 4 amide bonds. The minimum atomic E-state index is -0.850. The number of hydrogen-bond acceptors (Lipinski definition) is 6. The Hall–Kier alpha value is -5.25. The second-order valence-corrected chi connectivity index (χ2v) is 7.73. The molecule has 2 aromatic carbocycles. The highest BCUT2D eigenvalue weighted by molar-refractivity contribution is 6.37. The number of nitrogens with one attached hydrogen (secondary N) is 2. The molecular weight excluding hydrogens is 464 g/mol. The summed E-state index contributed by atoms with van der Waals surface area (Å²) in [6, 6.07) is 15.6. The summed E-state index contributed by atoms with van der Waals surface area (Å²) in [6.07, 6.45) is 5.47. The van der Waals surface area contributed by atoms with Crippen molar-refractivity contribution in [1.29, 1.82) is 0 Å². The average molecular weight is 484 g/mol. The molecule has 0 unspecified atom stereocenters. The number of urea groups is 1. The van der Waals surface area contributed by atoms with E-state index in [1.165, 1.54) is 24.3 Å². The van der Waals surface area contributed by atoms with Crippen LogP contribution in [0.25, 0.3) is 11.8 Å². The molecule has 3 N–H and O–H groups in total. The fourth-order valence-corrected chi connectivity index (χ4v) is 3.48. The predicted molar refractivity (Wildman–Crippen MR) is 133 cm³/mol. The number of benzene rings is 2. The summed E-state index contributed by atoms with van der Waals surface area (Å²) in [5.74, 6) is -2.17. The third-order valence-corrected chi connectivity index (χ3v) is 5.28. The Morgan fingerprint density at radius 2 is 1.50 bits per heavy atom. The van der Waals surface area contributed by atoms with Crippen LogP contribution in [-0.4, -0.2) is 32.5 Å². The van der Waals surface area contributed by atoms with Gasteiger partial charge in [0.1, 0.15) is 11.1 Å². The molecular formula is C26H20N4O6. The average Bonchev–Trinajstić information content (AvgIpc) is 2.84. The highest BCUT2D eigenvalue weighted by atomic mass is 16.3. The van der Waals surface area contributed by atoms with Gasteiger partial charge in [0.2, 0.25) is 5.88 Å². The van der Waals surface area contributed by atoms with Gasteiger partial charge in [-0.1, -0.05) is 54.1 Å². The summed E-state index contributed by atoms with van der Waals surface area (Å²) < 4.78 is 0.961. The zero-order valence-corrected chi connectivity index (χ0v) is 19.0. The molecule has 0 radical (unpaired) electrons. The van der Waals surface area contributed by atoms with Crippen molar-refractivity contribution in [2.24, 2.45) is 0 Å². The van der Waals surface area contributed by atoms with Gasteiger partial charge in [-0.2, -0.15) is 0 Å². The number of imide groups is 2. The maximum absolute atomic E-state index is 12.8. The van der Waals surface area contributed by atoms with Crippen molar-refractivity contribution in [3.63, 3.8) is 0 Å². The van der Waals surface area contributed by atoms with E-state index in [4.69, 9.17) is 0 Å². The molecule has 0 aliphatic carbocycles. The molecule has 0 atom stereocenters.